The van der Waals surface area contributed by atoms with Gasteiger partial charge in [-0.2, -0.15) is 0 Å². The number of carbonyl (C=O) groups excluding carboxylic acids is 1. The normalized spacial score (nSPS) is 10.7. The van der Waals surface area contributed by atoms with Gasteiger partial charge in [-0.05, 0) is 24.6 Å². The third-order valence-electron chi connectivity index (χ3n) is 3.26. The van der Waals surface area contributed by atoms with Gasteiger partial charge in [0.2, 0.25) is 0 Å². The smallest absolute Gasteiger partial charge is 0.263 e. The molecule has 3 rings (SSSR count). The number of nitrogen functional groups attached to an aromatic ring is 1. The fraction of sp³-hybridized carbons (Fsp3) is 0.125. The number of thiophene rings is 1. The van der Waals surface area contributed by atoms with E-state index in [4.69, 9.17) is 5.73 Å². The van der Waals surface area contributed by atoms with Crippen LogP contribution in [0.5, 0.6) is 0 Å². The van der Waals surface area contributed by atoms with E-state index >= 15 is 0 Å². The Morgan fingerprint density at radius 3 is 2.76 bits per heavy atom. The molecule has 1 aromatic carbocycles. The average Bonchev–Trinajstić information content (AvgIpc) is 2.84. The first-order valence-corrected chi connectivity index (χ1v) is 7.43. The summed E-state index contributed by atoms with van der Waals surface area (Å²) in [5.74, 6) is -0.156. The molecule has 0 unspecified atom stereocenters. The number of hydrogen-bond donors (Lipinski definition) is 2. The van der Waals surface area contributed by atoms with Gasteiger partial charge in [0.1, 0.15) is 10.4 Å². The summed E-state index contributed by atoms with van der Waals surface area (Å²) in [4.78, 5) is 17.0. The summed E-state index contributed by atoms with van der Waals surface area (Å²) < 4.78 is 0.926. The van der Waals surface area contributed by atoms with Crippen LogP contribution in [0.25, 0.3) is 10.2 Å². The van der Waals surface area contributed by atoms with Crippen LogP contribution < -0.4 is 11.1 Å². The number of anilines is 1. The monoisotopic (exact) mass is 297 g/mol. The Labute approximate surface area is 126 Å². The Bertz CT molecular complexity index is 793. The van der Waals surface area contributed by atoms with E-state index in [1.165, 1.54) is 16.9 Å². The van der Waals surface area contributed by atoms with Crippen LogP contribution in [-0.2, 0) is 6.54 Å². The first-order chi connectivity index (χ1) is 10.1. The Hall–Kier alpha value is -2.40. The Balaban J connectivity index is 1.78. The van der Waals surface area contributed by atoms with Crippen molar-refractivity contribution >= 4 is 33.1 Å². The number of rotatable bonds is 3. The molecule has 0 saturated carbocycles. The van der Waals surface area contributed by atoms with E-state index in [-0.39, 0.29) is 5.91 Å². The van der Waals surface area contributed by atoms with Gasteiger partial charge < -0.3 is 11.1 Å². The standard InChI is InChI=1S/C16H15N3OS/c1-10-4-6-11(7-5-10)9-19-16(20)15-13(17)14-12(21-15)3-2-8-18-14/h2-8H,9,17H2,1H3,(H,19,20). The Morgan fingerprint density at radius 1 is 1.29 bits per heavy atom. The number of fused-ring (bicyclic) bond motifs is 1. The maximum absolute atomic E-state index is 12.3. The molecule has 0 radical (unpaired) electrons. The summed E-state index contributed by atoms with van der Waals surface area (Å²) in [6.45, 7) is 2.52. The largest absolute Gasteiger partial charge is 0.396 e. The predicted octanol–water partition coefficient (Wildman–Crippen LogP) is 3.12. The van der Waals surface area contributed by atoms with Crippen molar-refractivity contribution in [2.45, 2.75) is 13.5 Å². The molecule has 0 bridgehead atoms. The predicted molar refractivity (Wildman–Crippen MR) is 86.4 cm³/mol. The lowest BCUT2D eigenvalue weighted by Gasteiger charge is -2.05. The number of hydrogen-bond acceptors (Lipinski definition) is 4. The van der Waals surface area contributed by atoms with Gasteiger partial charge in [0, 0.05) is 12.7 Å². The highest BCUT2D eigenvalue weighted by Crippen LogP contribution is 2.31. The highest BCUT2D eigenvalue weighted by molar-refractivity contribution is 7.21. The van der Waals surface area contributed by atoms with E-state index in [9.17, 15) is 4.79 Å². The molecule has 0 spiro atoms. The van der Waals surface area contributed by atoms with Gasteiger partial charge in [-0.3, -0.25) is 9.78 Å². The molecular weight excluding hydrogens is 282 g/mol. The van der Waals surface area contributed by atoms with Crippen molar-refractivity contribution in [3.63, 3.8) is 0 Å². The zero-order valence-corrected chi connectivity index (χ0v) is 12.4. The molecule has 1 amide bonds. The second-order valence-corrected chi connectivity index (χ2v) is 5.92. The number of aryl methyl sites for hydroxylation is 1. The number of amides is 1. The zero-order valence-electron chi connectivity index (χ0n) is 11.6. The van der Waals surface area contributed by atoms with Crippen LogP contribution in [0.3, 0.4) is 0 Å². The fourth-order valence-corrected chi connectivity index (χ4v) is 3.08. The van der Waals surface area contributed by atoms with Crippen molar-refractivity contribution in [2.24, 2.45) is 0 Å². The van der Waals surface area contributed by atoms with Gasteiger partial charge in [-0.15, -0.1) is 11.3 Å². The molecule has 0 atom stereocenters. The Morgan fingerprint density at radius 2 is 2.05 bits per heavy atom. The summed E-state index contributed by atoms with van der Waals surface area (Å²) in [6, 6.07) is 11.8. The van der Waals surface area contributed by atoms with Crippen LogP contribution in [-0.4, -0.2) is 10.9 Å². The van der Waals surface area contributed by atoms with Crippen molar-refractivity contribution in [3.05, 3.63) is 58.6 Å². The minimum Gasteiger partial charge on any atom is -0.396 e. The highest BCUT2D eigenvalue weighted by atomic mass is 32.1. The number of aromatic nitrogens is 1. The van der Waals surface area contributed by atoms with Crippen LogP contribution in [0.15, 0.2) is 42.6 Å². The second-order valence-electron chi connectivity index (χ2n) is 4.86. The number of pyridine rings is 1. The summed E-state index contributed by atoms with van der Waals surface area (Å²) in [6.07, 6.45) is 1.68. The van der Waals surface area contributed by atoms with Gasteiger partial charge >= 0.3 is 0 Å². The van der Waals surface area contributed by atoms with Crippen LogP contribution in [0.1, 0.15) is 20.8 Å². The van der Waals surface area contributed by atoms with E-state index in [0.717, 1.165) is 10.3 Å². The second kappa shape index (κ2) is 5.54. The summed E-state index contributed by atoms with van der Waals surface area (Å²) in [5.41, 5.74) is 9.43. The number of nitrogens with two attached hydrogens (primary N) is 1. The molecule has 106 valence electrons. The zero-order chi connectivity index (χ0) is 14.8. The van der Waals surface area contributed by atoms with E-state index < -0.39 is 0 Å². The Kier molecular flexibility index (Phi) is 3.58. The van der Waals surface area contributed by atoms with E-state index in [1.807, 2.05) is 43.3 Å². The molecule has 0 fully saturated rings. The number of nitrogens with zero attached hydrogens (tertiary/aromatic N) is 1. The molecule has 0 saturated heterocycles. The fourth-order valence-electron chi connectivity index (χ4n) is 2.08. The van der Waals surface area contributed by atoms with Crippen LogP contribution in [0.2, 0.25) is 0 Å². The molecule has 0 aliphatic carbocycles. The summed E-state index contributed by atoms with van der Waals surface area (Å²) in [5, 5.41) is 2.90. The molecular formula is C16H15N3OS. The molecule has 0 aliphatic heterocycles. The molecule has 3 aromatic rings. The van der Waals surface area contributed by atoms with Gasteiger partial charge in [0.05, 0.1) is 10.4 Å². The molecule has 2 aromatic heterocycles. The first-order valence-electron chi connectivity index (χ1n) is 6.62. The van der Waals surface area contributed by atoms with Gasteiger partial charge in [0.25, 0.3) is 5.91 Å². The summed E-state index contributed by atoms with van der Waals surface area (Å²) >= 11 is 1.37. The summed E-state index contributed by atoms with van der Waals surface area (Å²) in [7, 11) is 0. The maximum atomic E-state index is 12.3. The van der Waals surface area contributed by atoms with Crippen molar-refractivity contribution in [3.8, 4) is 0 Å². The van der Waals surface area contributed by atoms with Crippen molar-refractivity contribution < 1.29 is 4.79 Å². The minimum absolute atomic E-state index is 0.156. The molecule has 5 heteroatoms. The number of carbonyl (C=O) groups is 1. The van der Waals surface area contributed by atoms with Gasteiger partial charge in [-0.1, -0.05) is 29.8 Å². The van der Waals surface area contributed by atoms with E-state index in [2.05, 4.69) is 10.3 Å². The van der Waals surface area contributed by atoms with E-state index in [1.54, 1.807) is 6.20 Å². The third-order valence-corrected chi connectivity index (χ3v) is 4.42. The molecule has 0 aliphatic rings. The lowest BCUT2D eigenvalue weighted by molar-refractivity contribution is 0.0956. The highest BCUT2D eigenvalue weighted by Gasteiger charge is 2.16. The average molecular weight is 297 g/mol. The topological polar surface area (TPSA) is 68.0 Å². The maximum Gasteiger partial charge on any atom is 0.263 e. The van der Waals surface area contributed by atoms with Gasteiger partial charge in [0.15, 0.2) is 0 Å². The lowest BCUT2D eigenvalue weighted by atomic mass is 10.1. The third kappa shape index (κ3) is 2.73. The van der Waals surface area contributed by atoms with E-state index in [0.29, 0.717) is 22.6 Å². The number of nitrogens with one attached hydrogen (secondary N) is 1. The lowest BCUT2D eigenvalue weighted by Crippen LogP contribution is -2.22. The van der Waals surface area contributed by atoms with Crippen molar-refractivity contribution in [1.82, 2.24) is 10.3 Å². The minimum atomic E-state index is -0.156. The van der Waals surface area contributed by atoms with Gasteiger partial charge in [-0.25, -0.2) is 0 Å². The molecule has 3 N–H and O–H groups in total. The molecule has 21 heavy (non-hydrogen) atoms. The first kappa shape index (κ1) is 13.6. The van der Waals surface area contributed by atoms with Crippen LogP contribution in [0.4, 0.5) is 5.69 Å². The van der Waals surface area contributed by atoms with Crippen LogP contribution >= 0.6 is 11.3 Å². The van der Waals surface area contributed by atoms with Crippen molar-refractivity contribution in [2.75, 3.05) is 5.73 Å². The SMILES string of the molecule is Cc1ccc(CNC(=O)c2sc3cccnc3c2N)cc1. The van der Waals surface area contributed by atoms with Crippen LogP contribution in [0, 0.1) is 6.92 Å². The molecule has 4 nitrogen and oxygen atoms in total. The molecule has 2 heterocycles. The quantitative estimate of drug-likeness (QED) is 0.780. The van der Waals surface area contributed by atoms with Crippen molar-refractivity contribution in [1.29, 1.82) is 0 Å². The number of benzene rings is 1.